The van der Waals surface area contributed by atoms with Crippen LogP contribution in [0.5, 0.6) is 0 Å². The van der Waals surface area contributed by atoms with E-state index in [2.05, 4.69) is 20.9 Å². The SMILES string of the molecule is O=C(c1c[nH]c2cccc(Br)c12)N(CCO)C1CC1. The number of hydrogen-bond donors (Lipinski definition) is 2. The molecule has 1 amide bonds. The number of carbonyl (C=O) groups excluding carboxylic acids is 1. The van der Waals surface area contributed by atoms with E-state index in [0.717, 1.165) is 28.2 Å². The molecule has 0 spiro atoms. The minimum atomic E-state index is -0.00491. The summed E-state index contributed by atoms with van der Waals surface area (Å²) in [6.07, 6.45) is 3.83. The van der Waals surface area contributed by atoms with Gasteiger partial charge in [0.2, 0.25) is 0 Å². The van der Waals surface area contributed by atoms with Crippen molar-refractivity contribution in [2.45, 2.75) is 18.9 Å². The van der Waals surface area contributed by atoms with Gasteiger partial charge in [0.25, 0.3) is 5.91 Å². The number of fused-ring (bicyclic) bond motifs is 1. The van der Waals surface area contributed by atoms with Gasteiger partial charge in [0.05, 0.1) is 12.2 Å². The first-order valence-corrected chi connectivity index (χ1v) is 7.19. The number of H-pyrrole nitrogens is 1. The average molecular weight is 323 g/mol. The molecule has 0 radical (unpaired) electrons. The molecule has 1 heterocycles. The van der Waals surface area contributed by atoms with E-state index in [1.807, 2.05) is 18.2 Å². The molecule has 1 aliphatic rings. The lowest BCUT2D eigenvalue weighted by Gasteiger charge is -2.21. The monoisotopic (exact) mass is 322 g/mol. The van der Waals surface area contributed by atoms with E-state index in [1.54, 1.807) is 11.1 Å². The molecule has 2 aromatic rings. The number of nitrogens with one attached hydrogen (secondary N) is 1. The Kier molecular flexibility index (Phi) is 3.33. The number of amides is 1. The maximum absolute atomic E-state index is 12.6. The van der Waals surface area contributed by atoms with Gasteiger partial charge in [0.15, 0.2) is 0 Å². The number of aliphatic hydroxyl groups is 1. The summed E-state index contributed by atoms with van der Waals surface area (Å²) in [6, 6.07) is 6.11. The zero-order valence-corrected chi connectivity index (χ0v) is 12.0. The van der Waals surface area contributed by atoms with Crippen molar-refractivity contribution in [3.05, 3.63) is 34.4 Å². The van der Waals surface area contributed by atoms with Crippen molar-refractivity contribution < 1.29 is 9.90 Å². The Labute approximate surface area is 119 Å². The second-order valence-corrected chi connectivity index (χ2v) is 5.67. The van der Waals surface area contributed by atoms with Crippen LogP contribution in [-0.4, -0.2) is 40.1 Å². The Balaban J connectivity index is 2.01. The molecule has 3 rings (SSSR count). The molecule has 0 atom stereocenters. The van der Waals surface area contributed by atoms with Crippen molar-refractivity contribution in [3.8, 4) is 0 Å². The van der Waals surface area contributed by atoms with Crippen LogP contribution in [0, 0.1) is 0 Å². The molecule has 19 heavy (non-hydrogen) atoms. The number of aromatic nitrogens is 1. The molecular formula is C14H15BrN2O2. The lowest BCUT2D eigenvalue weighted by molar-refractivity contribution is 0.0709. The van der Waals surface area contributed by atoms with E-state index < -0.39 is 0 Å². The van der Waals surface area contributed by atoms with Gasteiger partial charge in [-0.15, -0.1) is 0 Å². The molecule has 1 fully saturated rings. The second-order valence-electron chi connectivity index (χ2n) is 4.82. The fraction of sp³-hybridized carbons (Fsp3) is 0.357. The third-order valence-corrected chi connectivity index (χ3v) is 4.14. The van der Waals surface area contributed by atoms with Gasteiger partial charge in [-0.05, 0) is 25.0 Å². The molecule has 0 bridgehead atoms. The predicted molar refractivity (Wildman–Crippen MR) is 77.1 cm³/mol. The van der Waals surface area contributed by atoms with Crippen LogP contribution in [-0.2, 0) is 0 Å². The zero-order chi connectivity index (χ0) is 13.4. The molecule has 0 unspecified atom stereocenters. The molecule has 1 saturated carbocycles. The molecule has 1 aliphatic carbocycles. The second kappa shape index (κ2) is 4.98. The van der Waals surface area contributed by atoms with E-state index in [-0.39, 0.29) is 12.5 Å². The van der Waals surface area contributed by atoms with Crippen LogP contribution in [0.2, 0.25) is 0 Å². The Hall–Kier alpha value is -1.33. The number of nitrogens with zero attached hydrogens (tertiary/aromatic N) is 1. The first kappa shape index (κ1) is 12.7. The zero-order valence-electron chi connectivity index (χ0n) is 10.4. The number of benzene rings is 1. The van der Waals surface area contributed by atoms with Crippen LogP contribution >= 0.6 is 15.9 Å². The minimum absolute atomic E-state index is 0.00491. The van der Waals surface area contributed by atoms with E-state index >= 15 is 0 Å². The number of aromatic amines is 1. The van der Waals surface area contributed by atoms with Crippen molar-refractivity contribution in [3.63, 3.8) is 0 Å². The largest absolute Gasteiger partial charge is 0.395 e. The van der Waals surface area contributed by atoms with Crippen LogP contribution in [0.1, 0.15) is 23.2 Å². The van der Waals surface area contributed by atoms with Gasteiger partial charge in [0, 0.05) is 34.2 Å². The van der Waals surface area contributed by atoms with E-state index in [1.165, 1.54) is 0 Å². The summed E-state index contributed by atoms with van der Waals surface area (Å²) in [5.41, 5.74) is 1.61. The molecular weight excluding hydrogens is 308 g/mol. The Morgan fingerprint density at radius 1 is 1.47 bits per heavy atom. The smallest absolute Gasteiger partial charge is 0.256 e. The van der Waals surface area contributed by atoms with E-state index in [0.29, 0.717) is 18.2 Å². The van der Waals surface area contributed by atoms with Gasteiger partial charge in [-0.25, -0.2) is 0 Å². The highest BCUT2D eigenvalue weighted by atomic mass is 79.9. The van der Waals surface area contributed by atoms with Crippen LogP contribution in [0.3, 0.4) is 0 Å². The summed E-state index contributed by atoms with van der Waals surface area (Å²) in [4.78, 5) is 17.5. The molecule has 100 valence electrons. The maximum atomic E-state index is 12.6. The highest BCUT2D eigenvalue weighted by Crippen LogP contribution is 2.32. The molecule has 1 aromatic carbocycles. The lowest BCUT2D eigenvalue weighted by atomic mass is 10.1. The standard InChI is InChI=1S/C14H15BrN2O2/c15-11-2-1-3-12-13(11)10(8-16-12)14(19)17(6-7-18)9-4-5-9/h1-3,8-9,16,18H,4-7H2. The Bertz CT molecular complexity index is 619. The van der Waals surface area contributed by atoms with Gasteiger partial charge in [-0.1, -0.05) is 22.0 Å². The molecule has 1 aromatic heterocycles. The normalized spacial score (nSPS) is 14.8. The summed E-state index contributed by atoms with van der Waals surface area (Å²) in [5, 5.41) is 10.0. The summed E-state index contributed by atoms with van der Waals surface area (Å²) in [7, 11) is 0. The number of hydrogen-bond acceptors (Lipinski definition) is 2. The van der Waals surface area contributed by atoms with Crippen molar-refractivity contribution >= 4 is 32.7 Å². The predicted octanol–water partition coefficient (Wildman–Crippen LogP) is 2.53. The number of aliphatic hydroxyl groups excluding tert-OH is 1. The van der Waals surface area contributed by atoms with Crippen molar-refractivity contribution in [2.24, 2.45) is 0 Å². The third kappa shape index (κ3) is 2.28. The first-order valence-electron chi connectivity index (χ1n) is 6.40. The van der Waals surface area contributed by atoms with Crippen LogP contribution in [0.15, 0.2) is 28.9 Å². The van der Waals surface area contributed by atoms with E-state index in [9.17, 15) is 4.79 Å². The lowest BCUT2D eigenvalue weighted by Crippen LogP contribution is -2.35. The Morgan fingerprint density at radius 2 is 2.26 bits per heavy atom. The molecule has 5 heteroatoms. The van der Waals surface area contributed by atoms with Crippen LogP contribution in [0.4, 0.5) is 0 Å². The van der Waals surface area contributed by atoms with Crippen molar-refractivity contribution in [1.29, 1.82) is 0 Å². The van der Waals surface area contributed by atoms with Crippen molar-refractivity contribution in [1.82, 2.24) is 9.88 Å². The van der Waals surface area contributed by atoms with Gasteiger partial charge in [-0.2, -0.15) is 0 Å². The maximum Gasteiger partial charge on any atom is 0.256 e. The molecule has 4 nitrogen and oxygen atoms in total. The Morgan fingerprint density at radius 3 is 2.95 bits per heavy atom. The van der Waals surface area contributed by atoms with E-state index in [4.69, 9.17) is 5.11 Å². The third-order valence-electron chi connectivity index (χ3n) is 3.47. The fourth-order valence-electron chi connectivity index (χ4n) is 2.41. The topological polar surface area (TPSA) is 56.3 Å². The fourth-order valence-corrected chi connectivity index (χ4v) is 2.99. The minimum Gasteiger partial charge on any atom is -0.395 e. The summed E-state index contributed by atoms with van der Waals surface area (Å²) in [5.74, 6) is -0.00491. The molecule has 2 N–H and O–H groups in total. The molecule has 0 aliphatic heterocycles. The number of rotatable bonds is 4. The highest BCUT2D eigenvalue weighted by Gasteiger charge is 2.33. The highest BCUT2D eigenvalue weighted by molar-refractivity contribution is 9.10. The van der Waals surface area contributed by atoms with Gasteiger partial charge in [0.1, 0.15) is 0 Å². The quantitative estimate of drug-likeness (QED) is 0.908. The van der Waals surface area contributed by atoms with Gasteiger partial charge < -0.3 is 15.0 Å². The number of halogens is 1. The van der Waals surface area contributed by atoms with Gasteiger partial charge in [-0.3, -0.25) is 4.79 Å². The van der Waals surface area contributed by atoms with Crippen LogP contribution < -0.4 is 0 Å². The molecule has 0 saturated heterocycles. The number of carbonyl (C=O) groups is 1. The van der Waals surface area contributed by atoms with Crippen LogP contribution in [0.25, 0.3) is 10.9 Å². The van der Waals surface area contributed by atoms with Crippen molar-refractivity contribution in [2.75, 3.05) is 13.2 Å². The van der Waals surface area contributed by atoms with Gasteiger partial charge >= 0.3 is 0 Å². The average Bonchev–Trinajstić information content (AvgIpc) is 3.14. The summed E-state index contributed by atoms with van der Waals surface area (Å²) < 4.78 is 0.911. The summed E-state index contributed by atoms with van der Waals surface area (Å²) >= 11 is 3.50. The summed E-state index contributed by atoms with van der Waals surface area (Å²) in [6.45, 7) is 0.409. The first-order chi connectivity index (χ1) is 9.22.